The van der Waals surface area contributed by atoms with E-state index in [9.17, 15) is 13.2 Å². The average molecular weight is 334 g/mol. The predicted molar refractivity (Wildman–Crippen MR) is 78.2 cm³/mol. The van der Waals surface area contributed by atoms with Crippen molar-refractivity contribution in [2.24, 2.45) is 0 Å². The zero-order valence-electron chi connectivity index (χ0n) is 11.5. The third kappa shape index (κ3) is 3.84. The van der Waals surface area contributed by atoms with Crippen LogP contribution in [0.1, 0.15) is 19.8 Å². The molecule has 0 aliphatic carbocycles. The van der Waals surface area contributed by atoms with Crippen molar-refractivity contribution in [3.63, 3.8) is 0 Å². The largest absolute Gasteiger partial charge is 0.465 e. The van der Waals surface area contributed by atoms with Gasteiger partial charge in [-0.1, -0.05) is 17.7 Å². The second-order valence-corrected chi connectivity index (χ2v) is 6.48. The summed E-state index contributed by atoms with van der Waals surface area (Å²) in [6.07, 6.45) is 1.05. The molecule has 0 amide bonds. The summed E-state index contributed by atoms with van der Waals surface area (Å²) in [6, 6.07) is 3.82. The lowest BCUT2D eigenvalue weighted by Gasteiger charge is -2.22. The maximum absolute atomic E-state index is 12.4. The molecule has 0 saturated carbocycles. The van der Waals surface area contributed by atoms with Crippen LogP contribution in [0.5, 0.6) is 0 Å². The Morgan fingerprint density at radius 1 is 1.57 bits per heavy atom. The van der Waals surface area contributed by atoms with E-state index >= 15 is 0 Å². The van der Waals surface area contributed by atoms with Crippen molar-refractivity contribution in [1.29, 1.82) is 0 Å². The molecule has 1 aromatic rings. The van der Waals surface area contributed by atoms with Gasteiger partial charge in [0, 0.05) is 6.54 Å². The fraction of sp³-hybridized carbons (Fsp3) is 0.500. The number of ether oxygens (including phenoxy) is 1. The number of esters is 1. The third-order valence-electron chi connectivity index (χ3n) is 3.02. The Balaban J connectivity index is 2.16. The van der Waals surface area contributed by atoms with Crippen LogP contribution in [0.2, 0.25) is 5.15 Å². The smallest absolute Gasteiger partial charge is 0.324 e. The Morgan fingerprint density at radius 2 is 2.33 bits per heavy atom. The molecule has 7 nitrogen and oxygen atoms in total. The van der Waals surface area contributed by atoms with Gasteiger partial charge in [-0.2, -0.15) is 12.7 Å². The third-order valence-corrected chi connectivity index (χ3v) is 4.75. The minimum absolute atomic E-state index is 0.108. The van der Waals surface area contributed by atoms with Gasteiger partial charge in [0.15, 0.2) is 0 Å². The van der Waals surface area contributed by atoms with Gasteiger partial charge < -0.3 is 4.74 Å². The molecule has 1 atom stereocenters. The van der Waals surface area contributed by atoms with E-state index in [1.165, 1.54) is 12.1 Å². The normalized spacial score (nSPS) is 19.4. The molecular formula is C12H16ClN3O4S. The number of carbonyl (C=O) groups excluding carboxylic acids is 1. The summed E-state index contributed by atoms with van der Waals surface area (Å²) in [7, 11) is -3.88. The van der Waals surface area contributed by atoms with Gasteiger partial charge in [-0.3, -0.25) is 9.52 Å². The fourth-order valence-corrected chi connectivity index (χ4v) is 3.71. The number of aromatic nitrogens is 1. The Morgan fingerprint density at radius 3 is 3.00 bits per heavy atom. The highest BCUT2D eigenvalue weighted by molar-refractivity contribution is 7.90. The number of rotatable bonds is 5. The van der Waals surface area contributed by atoms with Crippen LogP contribution in [-0.2, 0) is 19.7 Å². The van der Waals surface area contributed by atoms with Gasteiger partial charge >= 0.3 is 16.2 Å². The summed E-state index contributed by atoms with van der Waals surface area (Å²) in [4.78, 5) is 15.7. The van der Waals surface area contributed by atoms with E-state index in [4.69, 9.17) is 16.3 Å². The molecule has 0 bridgehead atoms. The lowest BCUT2D eigenvalue weighted by atomic mass is 10.2. The quantitative estimate of drug-likeness (QED) is 0.650. The Labute approximate surface area is 128 Å². The fourth-order valence-electron chi connectivity index (χ4n) is 2.16. The van der Waals surface area contributed by atoms with Gasteiger partial charge in [-0.15, -0.1) is 0 Å². The van der Waals surface area contributed by atoms with Crippen molar-refractivity contribution in [1.82, 2.24) is 9.29 Å². The molecule has 1 saturated heterocycles. The molecule has 0 radical (unpaired) electrons. The first-order valence-electron chi connectivity index (χ1n) is 6.53. The van der Waals surface area contributed by atoms with Gasteiger partial charge in [0.25, 0.3) is 0 Å². The SMILES string of the molecule is CCOC(=O)C1CCCN1S(=O)(=O)Nc1cccc(Cl)n1. The first-order valence-corrected chi connectivity index (χ1v) is 8.34. The minimum atomic E-state index is -3.88. The van der Waals surface area contributed by atoms with Crippen LogP contribution in [0.25, 0.3) is 0 Å². The molecule has 116 valence electrons. The summed E-state index contributed by atoms with van der Waals surface area (Å²) in [5.41, 5.74) is 0. The summed E-state index contributed by atoms with van der Waals surface area (Å²) < 4.78 is 33.1. The highest BCUT2D eigenvalue weighted by Gasteiger charge is 2.39. The van der Waals surface area contributed by atoms with Crippen molar-refractivity contribution < 1.29 is 17.9 Å². The summed E-state index contributed by atoms with van der Waals surface area (Å²) >= 11 is 5.72. The predicted octanol–water partition coefficient (Wildman–Crippen LogP) is 1.42. The van der Waals surface area contributed by atoms with Gasteiger partial charge in [0.1, 0.15) is 17.0 Å². The monoisotopic (exact) mass is 333 g/mol. The maximum atomic E-state index is 12.4. The van der Waals surface area contributed by atoms with Gasteiger partial charge in [-0.05, 0) is 31.9 Å². The number of halogens is 1. The van der Waals surface area contributed by atoms with E-state index in [1.807, 2.05) is 0 Å². The number of hydrogen-bond donors (Lipinski definition) is 1. The van der Waals surface area contributed by atoms with Crippen LogP contribution < -0.4 is 4.72 Å². The molecule has 1 unspecified atom stereocenters. The van der Waals surface area contributed by atoms with E-state index in [1.54, 1.807) is 13.0 Å². The zero-order chi connectivity index (χ0) is 15.5. The molecule has 1 aliphatic heterocycles. The first kappa shape index (κ1) is 16.0. The Hall–Kier alpha value is -1.38. The number of hydrogen-bond acceptors (Lipinski definition) is 5. The number of nitrogens with zero attached hydrogens (tertiary/aromatic N) is 2. The molecule has 21 heavy (non-hydrogen) atoms. The Bertz CT molecular complexity index is 623. The van der Waals surface area contributed by atoms with Crippen molar-refractivity contribution in [3.8, 4) is 0 Å². The molecule has 2 heterocycles. The van der Waals surface area contributed by atoms with E-state index in [-0.39, 0.29) is 24.1 Å². The van der Waals surface area contributed by atoms with Crippen LogP contribution in [0, 0.1) is 0 Å². The molecule has 0 spiro atoms. The van der Waals surface area contributed by atoms with E-state index in [2.05, 4.69) is 9.71 Å². The topological polar surface area (TPSA) is 88.6 Å². The second-order valence-electron chi connectivity index (χ2n) is 4.47. The average Bonchev–Trinajstić information content (AvgIpc) is 2.88. The van der Waals surface area contributed by atoms with Crippen LogP contribution >= 0.6 is 11.6 Å². The lowest BCUT2D eigenvalue weighted by Crippen LogP contribution is -2.44. The van der Waals surface area contributed by atoms with E-state index in [0.29, 0.717) is 12.8 Å². The van der Waals surface area contributed by atoms with Gasteiger partial charge in [0.05, 0.1) is 6.61 Å². The number of nitrogens with one attached hydrogen (secondary N) is 1. The standard InChI is InChI=1S/C12H16ClN3O4S/c1-2-20-12(17)9-5-4-8-16(9)21(18,19)15-11-7-3-6-10(13)14-11/h3,6-7,9H,2,4-5,8H2,1H3,(H,14,15). The van der Waals surface area contributed by atoms with E-state index in [0.717, 1.165) is 4.31 Å². The van der Waals surface area contributed by atoms with Gasteiger partial charge in [-0.25, -0.2) is 4.98 Å². The van der Waals surface area contributed by atoms with E-state index < -0.39 is 22.2 Å². The molecule has 1 aromatic heterocycles. The number of anilines is 1. The van der Waals surface area contributed by atoms with Crippen molar-refractivity contribution in [2.45, 2.75) is 25.8 Å². The first-order chi connectivity index (χ1) is 9.94. The van der Waals surface area contributed by atoms with Crippen LogP contribution in [-0.4, -0.2) is 42.9 Å². The molecular weight excluding hydrogens is 318 g/mol. The lowest BCUT2D eigenvalue weighted by molar-refractivity contribution is -0.146. The highest BCUT2D eigenvalue weighted by atomic mass is 35.5. The molecule has 1 N–H and O–H groups in total. The Kier molecular flexibility index (Phi) is 5.02. The molecule has 1 fully saturated rings. The number of pyridine rings is 1. The highest BCUT2D eigenvalue weighted by Crippen LogP contribution is 2.23. The van der Waals surface area contributed by atoms with Crippen molar-refractivity contribution in [2.75, 3.05) is 17.9 Å². The molecule has 9 heteroatoms. The minimum Gasteiger partial charge on any atom is -0.465 e. The summed E-state index contributed by atoms with van der Waals surface area (Å²) in [5.74, 6) is -0.420. The van der Waals surface area contributed by atoms with Crippen LogP contribution in [0.4, 0.5) is 5.82 Å². The van der Waals surface area contributed by atoms with Gasteiger partial charge in [0.2, 0.25) is 0 Å². The molecule has 0 aromatic carbocycles. The van der Waals surface area contributed by atoms with Crippen LogP contribution in [0.3, 0.4) is 0 Å². The second kappa shape index (κ2) is 6.59. The maximum Gasteiger partial charge on any atom is 0.324 e. The van der Waals surface area contributed by atoms with Crippen molar-refractivity contribution >= 4 is 33.6 Å². The molecule has 2 rings (SSSR count). The number of carbonyl (C=O) groups is 1. The summed E-state index contributed by atoms with van der Waals surface area (Å²) in [5, 5.41) is 0.179. The summed E-state index contributed by atoms with van der Waals surface area (Å²) in [6.45, 7) is 2.16. The van der Waals surface area contributed by atoms with Crippen molar-refractivity contribution in [3.05, 3.63) is 23.4 Å². The van der Waals surface area contributed by atoms with Crippen LogP contribution in [0.15, 0.2) is 18.2 Å². The zero-order valence-corrected chi connectivity index (χ0v) is 13.0. The molecule has 1 aliphatic rings.